The van der Waals surface area contributed by atoms with Crippen LogP contribution < -0.4 is 5.56 Å². The van der Waals surface area contributed by atoms with Gasteiger partial charge >= 0.3 is 0 Å². The number of aromatic nitrogens is 2. The Morgan fingerprint density at radius 1 is 0.929 bits per heavy atom. The summed E-state index contributed by atoms with van der Waals surface area (Å²) in [5, 5.41) is 0. The summed E-state index contributed by atoms with van der Waals surface area (Å²) in [5.74, 6) is 0.615. The van der Waals surface area contributed by atoms with E-state index in [-0.39, 0.29) is 5.56 Å². The molecule has 4 rings (SSSR count). The normalized spacial score (nSPS) is 16.0. The molecule has 0 atom stereocenters. The van der Waals surface area contributed by atoms with Crippen molar-refractivity contribution in [1.82, 2.24) is 19.8 Å². The lowest BCUT2D eigenvalue weighted by molar-refractivity contribution is 0.269. The molecule has 144 valence electrons. The Morgan fingerprint density at radius 3 is 2.61 bits per heavy atom. The van der Waals surface area contributed by atoms with E-state index in [0.29, 0.717) is 11.5 Å². The van der Waals surface area contributed by atoms with Gasteiger partial charge < -0.3 is 9.88 Å². The first-order valence-electron chi connectivity index (χ1n) is 9.84. The standard InChI is InChI=1S/C23H26N4O/c1-26-11-6-12-27(14-13-26)17-18-7-5-10-20(15-18)23-24-21(16-22(28)25-23)19-8-3-2-4-9-19/h2-5,7-10,15-16H,6,11-14,17H2,1H3,(H,24,25,28). The molecule has 0 aliphatic carbocycles. The fraction of sp³-hybridized carbons (Fsp3) is 0.304. The van der Waals surface area contributed by atoms with Crippen LogP contribution in [0, 0.1) is 0 Å². The van der Waals surface area contributed by atoms with Crippen LogP contribution >= 0.6 is 0 Å². The molecule has 0 amide bonds. The monoisotopic (exact) mass is 374 g/mol. The molecule has 1 N–H and O–H groups in total. The second-order valence-corrected chi connectivity index (χ2v) is 7.48. The Morgan fingerprint density at radius 2 is 1.75 bits per heavy atom. The zero-order valence-electron chi connectivity index (χ0n) is 16.3. The van der Waals surface area contributed by atoms with Crippen molar-refractivity contribution in [1.29, 1.82) is 0 Å². The Kier molecular flexibility index (Phi) is 5.65. The smallest absolute Gasteiger partial charge is 0.251 e. The van der Waals surface area contributed by atoms with Gasteiger partial charge in [-0.1, -0.05) is 48.5 Å². The van der Waals surface area contributed by atoms with Crippen LogP contribution in [0.1, 0.15) is 12.0 Å². The summed E-state index contributed by atoms with van der Waals surface area (Å²) < 4.78 is 0. The lowest BCUT2D eigenvalue weighted by Gasteiger charge is -2.20. The molecule has 1 aliphatic rings. The summed E-state index contributed by atoms with van der Waals surface area (Å²) in [4.78, 5) is 24.7. The number of nitrogens with zero attached hydrogens (tertiary/aromatic N) is 3. The fourth-order valence-electron chi connectivity index (χ4n) is 3.68. The maximum Gasteiger partial charge on any atom is 0.251 e. The highest BCUT2D eigenvalue weighted by molar-refractivity contribution is 5.63. The Balaban J connectivity index is 1.59. The highest BCUT2D eigenvalue weighted by atomic mass is 16.1. The Hall–Kier alpha value is -2.76. The molecule has 0 saturated carbocycles. The first-order chi connectivity index (χ1) is 13.7. The van der Waals surface area contributed by atoms with Gasteiger partial charge in [0.25, 0.3) is 5.56 Å². The molecular formula is C23H26N4O. The number of rotatable bonds is 4. The first kappa shape index (κ1) is 18.6. The number of nitrogens with one attached hydrogen (secondary N) is 1. The summed E-state index contributed by atoms with van der Waals surface area (Å²) in [7, 11) is 2.19. The molecule has 1 saturated heterocycles. The maximum absolute atomic E-state index is 12.2. The van der Waals surface area contributed by atoms with Crippen molar-refractivity contribution in [3.05, 3.63) is 76.6 Å². The second-order valence-electron chi connectivity index (χ2n) is 7.48. The van der Waals surface area contributed by atoms with Crippen LogP contribution in [-0.2, 0) is 6.54 Å². The topological polar surface area (TPSA) is 52.2 Å². The van der Waals surface area contributed by atoms with E-state index in [2.05, 4.69) is 34.0 Å². The van der Waals surface area contributed by atoms with Gasteiger partial charge in [-0.05, 0) is 38.2 Å². The number of aromatic amines is 1. The van der Waals surface area contributed by atoms with Crippen LogP contribution in [-0.4, -0.2) is 53.0 Å². The highest BCUT2D eigenvalue weighted by Crippen LogP contribution is 2.21. The van der Waals surface area contributed by atoms with Gasteiger partial charge in [-0.15, -0.1) is 0 Å². The Labute approximate surface area is 165 Å². The zero-order chi connectivity index (χ0) is 19.3. The predicted molar refractivity (Wildman–Crippen MR) is 113 cm³/mol. The summed E-state index contributed by atoms with van der Waals surface area (Å²) in [6.07, 6.45) is 1.20. The van der Waals surface area contributed by atoms with Gasteiger partial charge in [-0.3, -0.25) is 9.69 Å². The van der Waals surface area contributed by atoms with Gasteiger partial charge in [0.05, 0.1) is 5.69 Å². The quantitative estimate of drug-likeness (QED) is 0.762. The molecule has 0 spiro atoms. The SMILES string of the molecule is CN1CCCN(Cc2cccc(-c3nc(-c4ccccc4)cc(=O)[nH]3)c2)CC1. The molecule has 0 unspecified atom stereocenters. The van der Waals surface area contributed by atoms with E-state index in [1.165, 1.54) is 12.0 Å². The van der Waals surface area contributed by atoms with Gasteiger partial charge in [0, 0.05) is 36.8 Å². The highest BCUT2D eigenvalue weighted by Gasteiger charge is 2.13. The van der Waals surface area contributed by atoms with Crippen molar-refractivity contribution in [3.8, 4) is 22.6 Å². The van der Waals surface area contributed by atoms with Crippen LogP contribution in [0.15, 0.2) is 65.5 Å². The number of hydrogen-bond acceptors (Lipinski definition) is 4. The molecule has 5 heteroatoms. The van der Waals surface area contributed by atoms with Crippen molar-refractivity contribution < 1.29 is 0 Å². The number of benzene rings is 2. The minimum absolute atomic E-state index is 0.134. The third-order valence-corrected chi connectivity index (χ3v) is 5.23. The van der Waals surface area contributed by atoms with E-state index in [1.54, 1.807) is 6.07 Å². The van der Waals surface area contributed by atoms with Gasteiger partial charge in [-0.2, -0.15) is 0 Å². The van der Waals surface area contributed by atoms with E-state index in [4.69, 9.17) is 4.98 Å². The molecule has 0 radical (unpaired) electrons. The van der Waals surface area contributed by atoms with Crippen molar-refractivity contribution in [2.24, 2.45) is 0 Å². The summed E-state index contributed by atoms with van der Waals surface area (Å²) in [6, 6.07) is 19.7. The van der Waals surface area contributed by atoms with Crippen molar-refractivity contribution in [2.45, 2.75) is 13.0 Å². The molecule has 3 aromatic rings. The summed E-state index contributed by atoms with van der Waals surface area (Å²) in [5.41, 5.74) is 3.69. The third kappa shape index (κ3) is 4.55. The molecule has 1 aliphatic heterocycles. The molecule has 0 bridgehead atoms. The van der Waals surface area contributed by atoms with E-state index in [1.807, 2.05) is 42.5 Å². The number of likely N-dealkylation sites (N-methyl/N-ethyl adjacent to an activating group) is 1. The minimum atomic E-state index is -0.134. The molecule has 2 aromatic carbocycles. The van der Waals surface area contributed by atoms with E-state index < -0.39 is 0 Å². The van der Waals surface area contributed by atoms with Gasteiger partial charge in [-0.25, -0.2) is 4.98 Å². The molecule has 1 aromatic heterocycles. The molecule has 2 heterocycles. The van der Waals surface area contributed by atoms with E-state index >= 15 is 0 Å². The summed E-state index contributed by atoms with van der Waals surface area (Å²) >= 11 is 0. The largest absolute Gasteiger partial charge is 0.306 e. The number of H-pyrrole nitrogens is 1. The molecular weight excluding hydrogens is 348 g/mol. The lowest BCUT2D eigenvalue weighted by atomic mass is 10.1. The third-order valence-electron chi connectivity index (χ3n) is 5.23. The summed E-state index contributed by atoms with van der Waals surface area (Å²) in [6.45, 7) is 5.39. The Bertz CT molecular complexity index is 983. The average molecular weight is 374 g/mol. The van der Waals surface area contributed by atoms with Crippen LogP contribution in [0.3, 0.4) is 0 Å². The van der Waals surface area contributed by atoms with Crippen molar-refractivity contribution in [2.75, 3.05) is 33.2 Å². The average Bonchev–Trinajstić information content (AvgIpc) is 2.92. The van der Waals surface area contributed by atoms with E-state index in [9.17, 15) is 4.79 Å². The predicted octanol–water partition coefficient (Wildman–Crippen LogP) is 3.24. The zero-order valence-corrected chi connectivity index (χ0v) is 16.3. The van der Waals surface area contributed by atoms with Gasteiger partial charge in [0.2, 0.25) is 0 Å². The fourth-order valence-corrected chi connectivity index (χ4v) is 3.68. The van der Waals surface area contributed by atoms with Crippen molar-refractivity contribution in [3.63, 3.8) is 0 Å². The van der Waals surface area contributed by atoms with Crippen LogP contribution in [0.5, 0.6) is 0 Å². The minimum Gasteiger partial charge on any atom is -0.306 e. The number of hydrogen-bond donors (Lipinski definition) is 1. The van der Waals surface area contributed by atoms with Crippen LogP contribution in [0.4, 0.5) is 0 Å². The van der Waals surface area contributed by atoms with Gasteiger partial charge in [0.15, 0.2) is 0 Å². The molecule has 28 heavy (non-hydrogen) atoms. The van der Waals surface area contributed by atoms with Crippen LogP contribution in [0.25, 0.3) is 22.6 Å². The van der Waals surface area contributed by atoms with Crippen LogP contribution in [0.2, 0.25) is 0 Å². The maximum atomic E-state index is 12.2. The van der Waals surface area contributed by atoms with Crippen molar-refractivity contribution >= 4 is 0 Å². The lowest BCUT2D eigenvalue weighted by Crippen LogP contribution is -2.28. The molecule has 5 nitrogen and oxygen atoms in total. The second kappa shape index (κ2) is 8.50. The molecule has 1 fully saturated rings. The van der Waals surface area contributed by atoms with E-state index in [0.717, 1.165) is 43.9 Å². The van der Waals surface area contributed by atoms with Gasteiger partial charge in [0.1, 0.15) is 5.82 Å². The first-order valence-corrected chi connectivity index (χ1v) is 9.84.